The van der Waals surface area contributed by atoms with Gasteiger partial charge >= 0.3 is 0 Å². The first-order valence-corrected chi connectivity index (χ1v) is 14.5. The van der Waals surface area contributed by atoms with Crippen molar-refractivity contribution in [3.63, 3.8) is 0 Å². The Balaban J connectivity index is 1.59. The third kappa shape index (κ3) is 3.85. The summed E-state index contributed by atoms with van der Waals surface area (Å²) in [5.41, 5.74) is 8.96. The van der Waals surface area contributed by atoms with Crippen molar-refractivity contribution < 1.29 is 8.78 Å². The number of nitrogens with zero attached hydrogens (tertiary/aromatic N) is 3. The molecule has 0 saturated heterocycles. The average Bonchev–Trinajstić information content (AvgIpc) is 3.52. The summed E-state index contributed by atoms with van der Waals surface area (Å²) in [4.78, 5) is 0. The Bertz CT molecular complexity index is 2490. The van der Waals surface area contributed by atoms with E-state index in [1.165, 1.54) is 12.1 Å². The van der Waals surface area contributed by atoms with Crippen molar-refractivity contribution in [2.45, 2.75) is 13.8 Å². The number of rotatable bonds is 3. The van der Waals surface area contributed by atoms with Gasteiger partial charge in [-0.2, -0.15) is 5.26 Å². The van der Waals surface area contributed by atoms with E-state index >= 15 is 0 Å². The van der Waals surface area contributed by atoms with Crippen LogP contribution in [0.15, 0.2) is 115 Å². The van der Waals surface area contributed by atoms with E-state index in [1.807, 2.05) is 36.4 Å². The van der Waals surface area contributed by atoms with Crippen LogP contribution in [0.3, 0.4) is 0 Å². The van der Waals surface area contributed by atoms with Crippen LogP contribution < -0.4 is 0 Å². The SMILES string of the molecule is Cc1ccc2c(c1)c1ccccc1n2-c1cc(C#N)c(-c2cc(F)cc(F)c2)cc1-n1c2ccccc2c2cc(C)ccc21. The fourth-order valence-corrected chi connectivity index (χ4v) is 6.67. The van der Waals surface area contributed by atoms with Gasteiger partial charge in [0, 0.05) is 33.2 Å². The topological polar surface area (TPSA) is 33.6 Å². The molecule has 44 heavy (non-hydrogen) atoms. The molecule has 0 radical (unpaired) electrons. The van der Waals surface area contributed by atoms with E-state index in [1.54, 1.807) is 0 Å². The second-order valence-corrected chi connectivity index (χ2v) is 11.4. The molecule has 0 aliphatic rings. The van der Waals surface area contributed by atoms with Crippen molar-refractivity contribution in [3.8, 4) is 28.6 Å². The van der Waals surface area contributed by atoms with Crippen LogP contribution in [0, 0.1) is 36.8 Å². The lowest BCUT2D eigenvalue weighted by Crippen LogP contribution is -2.05. The third-order valence-electron chi connectivity index (χ3n) is 8.55. The summed E-state index contributed by atoms with van der Waals surface area (Å²) < 4.78 is 33.5. The van der Waals surface area contributed by atoms with Gasteiger partial charge in [-0.05, 0) is 80.1 Å². The summed E-state index contributed by atoms with van der Waals surface area (Å²) in [5.74, 6) is -1.39. The van der Waals surface area contributed by atoms with Gasteiger partial charge in [-0.15, -0.1) is 0 Å². The molecule has 210 valence electrons. The first kappa shape index (κ1) is 25.9. The highest BCUT2D eigenvalue weighted by Crippen LogP contribution is 2.41. The predicted octanol–water partition coefficient (Wildman–Crippen LogP) is 10.3. The zero-order valence-electron chi connectivity index (χ0n) is 24.1. The molecule has 0 amide bonds. The molecule has 0 aliphatic heterocycles. The maximum absolute atomic E-state index is 14.5. The monoisotopic (exact) mass is 573 g/mol. The maximum Gasteiger partial charge on any atom is 0.126 e. The Morgan fingerprint density at radius 2 is 1.00 bits per heavy atom. The number of hydrogen-bond acceptors (Lipinski definition) is 1. The van der Waals surface area contributed by atoms with Crippen LogP contribution in [-0.2, 0) is 0 Å². The van der Waals surface area contributed by atoms with Crippen molar-refractivity contribution in [3.05, 3.63) is 144 Å². The van der Waals surface area contributed by atoms with Crippen LogP contribution >= 0.6 is 0 Å². The van der Waals surface area contributed by atoms with Crippen molar-refractivity contribution in [1.29, 1.82) is 5.26 Å². The summed E-state index contributed by atoms with van der Waals surface area (Å²) in [7, 11) is 0. The highest BCUT2D eigenvalue weighted by atomic mass is 19.1. The lowest BCUT2D eigenvalue weighted by molar-refractivity contribution is 0.584. The summed E-state index contributed by atoms with van der Waals surface area (Å²) >= 11 is 0. The lowest BCUT2D eigenvalue weighted by Gasteiger charge is -2.19. The molecule has 0 fully saturated rings. The second kappa shape index (κ2) is 9.65. The molecular formula is C39H25F2N3. The van der Waals surface area contributed by atoms with Crippen LogP contribution in [0.1, 0.15) is 16.7 Å². The van der Waals surface area contributed by atoms with Crippen molar-refractivity contribution in [1.82, 2.24) is 9.13 Å². The zero-order chi connectivity index (χ0) is 30.1. The molecule has 8 aromatic rings. The molecular weight excluding hydrogens is 548 g/mol. The van der Waals surface area contributed by atoms with Gasteiger partial charge in [-0.3, -0.25) is 0 Å². The minimum absolute atomic E-state index is 0.307. The van der Waals surface area contributed by atoms with Gasteiger partial charge in [0.2, 0.25) is 0 Å². The molecule has 0 N–H and O–H groups in total. The highest BCUT2D eigenvalue weighted by molar-refractivity contribution is 6.12. The number of aromatic nitrogens is 2. The quantitative estimate of drug-likeness (QED) is 0.207. The van der Waals surface area contributed by atoms with Gasteiger partial charge in [0.05, 0.1) is 45.1 Å². The Kier molecular flexibility index (Phi) is 5.69. The summed E-state index contributed by atoms with van der Waals surface area (Å²) in [6.07, 6.45) is 0. The van der Waals surface area contributed by atoms with Gasteiger partial charge in [0.1, 0.15) is 11.6 Å². The predicted molar refractivity (Wildman–Crippen MR) is 175 cm³/mol. The van der Waals surface area contributed by atoms with Crippen LogP contribution in [0.5, 0.6) is 0 Å². The molecule has 0 unspecified atom stereocenters. The Labute approximate surface area is 252 Å². The Morgan fingerprint density at radius 3 is 1.52 bits per heavy atom. The summed E-state index contributed by atoms with van der Waals surface area (Å²) in [5, 5.41) is 14.9. The minimum Gasteiger partial charge on any atom is -0.307 e. The number of fused-ring (bicyclic) bond motifs is 6. The molecule has 0 atom stereocenters. The van der Waals surface area contributed by atoms with Crippen LogP contribution in [0.25, 0.3) is 66.1 Å². The molecule has 2 aromatic heterocycles. The number of benzene rings is 6. The minimum atomic E-state index is -0.695. The molecule has 0 saturated carbocycles. The molecule has 6 aromatic carbocycles. The second-order valence-electron chi connectivity index (χ2n) is 11.4. The normalized spacial score (nSPS) is 11.6. The number of para-hydroxylation sites is 2. The van der Waals surface area contributed by atoms with Crippen molar-refractivity contribution in [2.24, 2.45) is 0 Å². The number of nitriles is 1. The van der Waals surface area contributed by atoms with Gasteiger partial charge in [-0.25, -0.2) is 8.78 Å². The number of halogens is 2. The van der Waals surface area contributed by atoms with E-state index in [0.717, 1.165) is 72.2 Å². The molecule has 5 heteroatoms. The molecule has 0 bridgehead atoms. The average molecular weight is 574 g/mol. The van der Waals surface area contributed by atoms with Gasteiger partial charge < -0.3 is 9.13 Å². The van der Waals surface area contributed by atoms with Gasteiger partial charge in [-0.1, -0.05) is 59.7 Å². The van der Waals surface area contributed by atoms with Crippen molar-refractivity contribution >= 4 is 43.6 Å². The molecule has 2 heterocycles. The Hall–Kier alpha value is -5.73. The third-order valence-corrected chi connectivity index (χ3v) is 8.55. The van der Waals surface area contributed by atoms with Crippen molar-refractivity contribution in [2.75, 3.05) is 0 Å². The fraction of sp³-hybridized carbons (Fsp3) is 0.0513. The van der Waals surface area contributed by atoms with Gasteiger partial charge in [0.25, 0.3) is 0 Å². The van der Waals surface area contributed by atoms with E-state index in [9.17, 15) is 14.0 Å². The van der Waals surface area contributed by atoms with Crippen LogP contribution in [-0.4, -0.2) is 9.13 Å². The van der Waals surface area contributed by atoms with Crippen LogP contribution in [0.2, 0.25) is 0 Å². The van der Waals surface area contributed by atoms with Crippen LogP contribution in [0.4, 0.5) is 8.78 Å². The van der Waals surface area contributed by atoms with Gasteiger partial charge in [0.15, 0.2) is 0 Å². The van der Waals surface area contributed by atoms with E-state index in [0.29, 0.717) is 16.7 Å². The summed E-state index contributed by atoms with van der Waals surface area (Å²) in [6.45, 7) is 4.16. The zero-order valence-corrected chi connectivity index (χ0v) is 24.1. The standard InChI is InChI=1S/C39H25F2N3/c1-23-11-13-36-32(15-23)29-7-3-5-9-34(29)43(36)38-19-26(22-42)31(25-17-27(40)20-28(41)18-25)21-39(38)44-35-10-6-4-8-30(35)33-16-24(2)12-14-37(33)44/h3-21H,1-2H3. The first-order valence-electron chi connectivity index (χ1n) is 14.5. The molecule has 3 nitrogen and oxygen atoms in total. The Morgan fingerprint density at radius 1 is 0.523 bits per heavy atom. The fourth-order valence-electron chi connectivity index (χ4n) is 6.67. The largest absolute Gasteiger partial charge is 0.307 e. The lowest BCUT2D eigenvalue weighted by atomic mass is 9.97. The van der Waals surface area contributed by atoms with E-state index in [4.69, 9.17) is 0 Å². The smallest absolute Gasteiger partial charge is 0.126 e. The number of aryl methyl sites for hydroxylation is 2. The molecule has 8 rings (SSSR count). The van der Waals surface area contributed by atoms with E-state index in [-0.39, 0.29) is 0 Å². The summed E-state index contributed by atoms with van der Waals surface area (Å²) in [6, 6.07) is 38.8. The van der Waals surface area contributed by atoms with E-state index in [2.05, 4.69) is 89.7 Å². The number of hydrogen-bond donors (Lipinski definition) is 0. The molecule has 0 aliphatic carbocycles. The molecule has 0 spiro atoms. The highest BCUT2D eigenvalue weighted by Gasteiger charge is 2.22. The first-order chi connectivity index (χ1) is 21.4. The maximum atomic E-state index is 14.5. The van der Waals surface area contributed by atoms with E-state index < -0.39 is 11.6 Å².